The standard InChI is InChI=1S/C22H30N4O2/c1-22(2,3)14-9-11-26(12-10-14)15-5-6-16-18(13-15)25(4)24-20(16)17-7-8-19(27)23-21(17)28/h5-6,13-14,17H,7-12H2,1-4H3,(H,23,27,28). The van der Waals surface area contributed by atoms with Gasteiger partial charge >= 0.3 is 0 Å². The van der Waals surface area contributed by atoms with E-state index >= 15 is 0 Å². The molecule has 2 aromatic rings. The van der Waals surface area contributed by atoms with Crippen LogP contribution in [0.15, 0.2) is 18.2 Å². The lowest BCUT2D eigenvalue weighted by Crippen LogP contribution is -2.39. The molecule has 6 nitrogen and oxygen atoms in total. The van der Waals surface area contributed by atoms with Crippen molar-refractivity contribution in [3.05, 3.63) is 23.9 Å². The Hall–Kier alpha value is -2.37. The second-order valence-electron chi connectivity index (χ2n) is 9.34. The Bertz CT molecular complexity index is 916. The Morgan fingerprint density at radius 2 is 1.82 bits per heavy atom. The minimum atomic E-state index is -0.352. The largest absolute Gasteiger partial charge is 0.371 e. The molecule has 2 amide bonds. The lowest BCUT2D eigenvalue weighted by Gasteiger charge is -2.39. The van der Waals surface area contributed by atoms with Crippen molar-refractivity contribution in [2.45, 2.75) is 52.4 Å². The Morgan fingerprint density at radius 1 is 1.11 bits per heavy atom. The highest BCUT2D eigenvalue weighted by atomic mass is 16.2. The van der Waals surface area contributed by atoms with Gasteiger partial charge in [-0.3, -0.25) is 19.6 Å². The normalized spacial score (nSPS) is 22.0. The van der Waals surface area contributed by atoms with Crippen LogP contribution in [0.1, 0.15) is 58.1 Å². The van der Waals surface area contributed by atoms with E-state index in [1.54, 1.807) is 0 Å². The molecule has 2 aliphatic rings. The number of nitrogens with one attached hydrogen (secondary N) is 1. The summed E-state index contributed by atoms with van der Waals surface area (Å²) in [4.78, 5) is 26.2. The summed E-state index contributed by atoms with van der Waals surface area (Å²) >= 11 is 0. The van der Waals surface area contributed by atoms with E-state index in [4.69, 9.17) is 0 Å². The predicted molar refractivity (Wildman–Crippen MR) is 110 cm³/mol. The Labute approximate surface area is 166 Å². The molecular formula is C22H30N4O2. The van der Waals surface area contributed by atoms with Gasteiger partial charge in [-0.2, -0.15) is 5.10 Å². The number of hydrogen-bond acceptors (Lipinski definition) is 4. The van der Waals surface area contributed by atoms with Crippen molar-refractivity contribution in [2.75, 3.05) is 18.0 Å². The highest BCUT2D eigenvalue weighted by Crippen LogP contribution is 2.37. The summed E-state index contributed by atoms with van der Waals surface area (Å²) in [7, 11) is 1.92. The first kappa shape index (κ1) is 19.0. The second-order valence-corrected chi connectivity index (χ2v) is 9.34. The quantitative estimate of drug-likeness (QED) is 0.809. The van der Waals surface area contributed by atoms with E-state index in [2.05, 4.69) is 54.3 Å². The molecule has 6 heteroatoms. The predicted octanol–water partition coefficient (Wildman–Crippen LogP) is 3.36. The molecule has 150 valence electrons. The molecule has 1 atom stereocenters. The summed E-state index contributed by atoms with van der Waals surface area (Å²) < 4.78 is 1.86. The minimum Gasteiger partial charge on any atom is -0.371 e. The van der Waals surface area contributed by atoms with Gasteiger partial charge in [0.2, 0.25) is 11.8 Å². The first-order valence-corrected chi connectivity index (χ1v) is 10.3. The lowest BCUT2D eigenvalue weighted by atomic mass is 9.75. The number of anilines is 1. The number of rotatable bonds is 2. The fraction of sp³-hybridized carbons (Fsp3) is 0.591. The van der Waals surface area contributed by atoms with Gasteiger partial charge < -0.3 is 4.90 Å². The summed E-state index contributed by atoms with van der Waals surface area (Å²) in [5, 5.41) is 8.10. The third-order valence-corrected chi connectivity index (χ3v) is 6.52. The van der Waals surface area contributed by atoms with Gasteiger partial charge in [0.1, 0.15) is 0 Å². The van der Waals surface area contributed by atoms with E-state index in [0.717, 1.165) is 35.6 Å². The number of aromatic nitrogens is 2. The van der Waals surface area contributed by atoms with Crippen LogP contribution in [-0.2, 0) is 16.6 Å². The molecular weight excluding hydrogens is 352 g/mol. The topological polar surface area (TPSA) is 67.2 Å². The van der Waals surface area contributed by atoms with Crippen LogP contribution in [0.3, 0.4) is 0 Å². The molecule has 0 spiro atoms. The van der Waals surface area contributed by atoms with Crippen molar-refractivity contribution < 1.29 is 9.59 Å². The molecule has 0 radical (unpaired) electrons. The molecule has 2 aliphatic heterocycles. The molecule has 2 fully saturated rings. The van der Waals surface area contributed by atoms with E-state index in [1.807, 2.05) is 11.7 Å². The molecule has 0 saturated carbocycles. The van der Waals surface area contributed by atoms with E-state index in [1.165, 1.54) is 18.5 Å². The Kier molecular flexibility index (Phi) is 4.68. The molecule has 1 aromatic heterocycles. The Balaban J connectivity index is 1.58. The molecule has 2 saturated heterocycles. The van der Waals surface area contributed by atoms with Gasteiger partial charge in [0.15, 0.2) is 0 Å². The average molecular weight is 383 g/mol. The number of benzene rings is 1. The maximum absolute atomic E-state index is 12.3. The van der Waals surface area contributed by atoms with Gasteiger partial charge in [-0.05, 0) is 48.8 Å². The van der Waals surface area contributed by atoms with E-state index in [0.29, 0.717) is 18.3 Å². The summed E-state index contributed by atoms with van der Waals surface area (Å²) in [6.45, 7) is 9.17. The van der Waals surface area contributed by atoms with Crippen LogP contribution in [-0.4, -0.2) is 34.7 Å². The highest BCUT2D eigenvalue weighted by Gasteiger charge is 2.32. The first-order chi connectivity index (χ1) is 13.2. The molecule has 4 rings (SSSR count). The summed E-state index contributed by atoms with van der Waals surface area (Å²) in [6, 6.07) is 6.43. The van der Waals surface area contributed by atoms with Crippen LogP contribution in [0.4, 0.5) is 5.69 Å². The minimum absolute atomic E-state index is 0.192. The Morgan fingerprint density at radius 3 is 2.46 bits per heavy atom. The van der Waals surface area contributed by atoms with Crippen LogP contribution in [0.2, 0.25) is 0 Å². The van der Waals surface area contributed by atoms with Crippen LogP contribution in [0, 0.1) is 11.3 Å². The third-order valence-electron chi connectivity index (χ3n) is 6.52. The zero-order chi connectivity index (χ0) is 20.1. The maximum atomic E-state index is 12.3. The molecule has 0 bridgehead atoms. The van der Waals surface area contributed by atoms with Gasteiger partial charge in [-0.15, -0.1) is 0 Å². The molecule has 0 aliphatic carbocycles. The number of amides is 2. The molecule has 1 N–H and O–H groups in total. The van der Waals surface area contributed by atoms with Crippen molar-refractivity contribution in [2.24, 2.45) is 18.4 Å². The van der Waals surface area contributed by atoms with Crippen molar-refractivity contribution in [1.82, 2.24) is 15.1 Å². The molecule has 3 heterocycles. The highest BCUT2D eigenvalue weighted by molar-refractivity contribution is 6.02. The van der Waals surface area contributed by atoms with Crippen LogP contribution < -0.4 is 10.2 Å². The van der Waals surface area contributed by atoms with Crippen molar-refractivity contribution in [3.63, 3.8) is 0 Å². The summed E-state index contributed by atoms with van der Waals surface area (Å²) in [6.07, 6.45) is 3.33. The number of aryl methyl sites for hydroxylation is 1. The number of hydrogen-bond donors (Lipinski definition) is 1. The van der Waals surface area contributed by atoms with Gasteiger partial charge in [-0.1, -0.05) is 20.8 Å². The maximum Gasteiger partial charge on any atom is 0.235 e. The summed E-state index contributed by atoms with van der Waals surface area (Å²) in [5.41, 5.74) is 3.41. The van der Waals surface area contributed by atoms with Crippen molar-refractivity contribution in [3.8, 4) is 0 Å². The summed E-state index contributed by atoms with van der Waals surface area (Å²) in [5.74, 6) is -0.00916. The first-order valence-electron chi connectivity index (χ1n) is 10.3. The number of carbonyl (C=O) groups excluding carboxylic acids is 2. The third kappa shape index (κ3) is 3.40. The molecule has 28 heavy (non-hydrogen) atoms. The zero-order valence-corrected chi connectivity index (χ0v) is 17.3. The SMILES string of the molecule is Cn1nc(C2CCC(=O)NC2=O)c2ccc(N3CCC(C(C)(C)C)CC3)cc21. The monoisotopic (exact) mass is 382 g/mol. The van der Waals surface area contributed by atoms with Crippen LogP contribution in [0.5, 0.6) is 0 Å². The van der Waals surface area contributed by atoms with E-state index in [-0.39, 0.29) is 17.7 Å². The second kappa shape index (κ2) is 6.90. The number of carbonyl (C=O) groups is 2. The van der Waals surface area contributed by atoms with Gasteiger partial charge in [-0.25, -0.2) is 0 Å². The smallest absolute Gasteiger partial charge is 0.235 e. The van der Waals surface area contributed by atoms with Crippen LogP contribution >= 0.6 is 0 Å². The van der Waals surface area contributed by atoms with Crippen LogP contribution in [0.25, 0.3) is 10.9 Å². The van der Waals surface area contributed by atoms with Gasteiger partial charge in [0.25, 0.3) is 0 Å². The van der Waals surface area contributed by atoms with Gasteiger partial charge in [0, 0.05) is 37.6 Å². The molecule has 1 unspecified atom stereocenters. The fourth-order valence-corrected chi connectivity index (χ4v) is 4.69. The lowest BCUT2D eigenvalue weighted by molar-refractivity contribution is -0.134. The van der Waals surface area contributed by atoms with E-state index in [9.17, 15) is 9.59 Å². The number of imide groups is 1. The molecule has 1 aromatic carbocycles. The van der Waals surface area contributed by atoms with E-state index < -0.39 is 0 Å². The number of piperidine rings is 2. The number of fused-ring (bicyclic) bond motifs is 1. The van der Waals surface area contributed by atoms with Crippen molar-refractivity contribution in [1.29, 1.82) is 0 Å². The van der Waals surface area contributed by atoms with Crippen molar-refractivity contribution >= 4 is 28.4 Å². The fourth-order valence-electron chi connectivity index (χ4n) is 4.69. The average Bonchev–Trinajstić information content (AvgIpc) is 2.97. The number of nitrogens with zero attached hydrogens (tertiary/aromatic N) is 3. The van der Waals surface area contributed by atoms with Gasteiger partial charge in [0.05, 0.1) is 17.1 Å². The zero-order valence-electron chi connectivity index (χ0n) is 17.3.